The molecule has 118 valence electrons. The average Bonchev–Trinajstić information content (AvgIpc) is 2.90. The summed E-state index contributed by atoms with van der Waals surface area (Å²) >= 11 is 0. The average molecular weight is 315 g/mol. The molecule has 1 atom stereocenters. The zero-order valence-corrected chi connectivity index (χ0v) is 13.3. The van der Waals surface area contributed by atoms with E-state index in [2.05, 4.69) is 17.2 Å². The molecule has 2 aromatic carbocycles. The minimum absolute atomic E-state index is 0.0334. The smallest absolute Gasteiger partial charge is 0.262 e. The van der Waals surface area contributed by atoms with Gasteiger partial charge in [-0.1, -0.05) is 35.9 Å². The van der Waals surface area contributed by atoms with Gasteiger partial charge in [0.15, 0.2) is 6.17 Å². The van der Waals surface area contributed by atoms with Crippen LogP contribution in [0.25, 0.3) is 0 Å². The van der Waals surface area contributed by atoms with Crippen molar-refractivity contribution in [2.24, 2.45) is 0 Å². The maximum atomic E-state index is 12.9. The fraction of sp³-hybridized carbons (Fsp3) is 0.100. The Hall–Kier alpha value is -3.14. The topological polar surface area (TPSA) is 45.2 Å². The van der Waals surface area contributed by atoms with Gasteiger partial charge in [0.25, 0.3) is 5.91 Å². The summed E-state index contributed by atoms with van der Waals surface area (Å²) in [7, 11) is 0. The third kappa shape index (κ3) is 2.42. The summed E-state index contributed by atoms with van der Waals surface area (Å²) in [5.74, 6) is -0.0334. The summed E-state index contributed by atoms with van der Waals surface area (Å²) in [4.78, 5) is 19.1. The molecule has 0 saturated carbocycles. The lowest BCUT2D eigenvalue weighted by Gasteiger charge is -2.26. The number of nitrogens with zero attached hydrogens (tertiary/aromatic N) is 2. The Morgan fingerprint density at radius 2 is 1.71 bits per heavy atom. The lowest BCUT2D eigenvalue weighted by molar-refractivity contribution is 0.0993. The highest BCUT2D eigenvalue weighted by molar-refractivity contribution is 6.11. The first-order valence-corrected chi connectivity index (χ1v) is 7.91. The second kappa shape index (κ2) is 5.81. The molecule has 1 aromatic heterocycles. The minimum atomic E-state index is -0.321. The van der Waals surface area contributed by atoms with Gasteiger partial charge in [-0.05, 0) is 43.3 Å². The molecule has 4 rings (SSSR count). The van der Waals surface area contributed by atoms with Crippen molar-refractivity contribution in [3.05, 3.63) is 89.7 Å². The highest BCUT2D eigenvalue weighted by Crippen LogP contribution is 2.36. The fourth-order valence-corrected chi connectivity index (χ4v) is 2.98. The van der Waals surface area contributed by atoms with Gasteiger partial charge in [0.1, 0.15) is 0 Å². The monoisotopic (exact) mass is 315 g/mol. The lowest BCUT2D eigenvalue weighted by Crippen LogP contribution is -2.32. The van der Waals surface area contributed by atoms with Gasteiger partial charge in [-0.25, -0.2) is 0 Å². The number of anilines is 2. The molecule has 0 spiro atoms. The summed E-state index contributed by atoms with van der Waals surface area (Å²) in [6.45, 7) is 2.05. The maximum Gasteiger partial charge on any atom is 0.262 e. The molecule has 3 aromatic rings. The molecule has 0 aliphatic carbocycles. The molecule has 0 fully saturated rings. The van der Waals surface area contributed by atoms with Crippen LogP contribution in [0.3, 0.4) is 0 Å². The van der Waals surface area contributed by atoms with E-state index in [-0.39, 0.29) is 12.1 Å². The third-order valence-corrected chi connectivity index (χ3v) is 4.19. The van der Waals surface area contributed by atoms with E-state index in [1.165, 1.54) is 5.56 Å². The molecule has 1 aliphatic rings. The van der Waals surface area contributed by atoms with Crippen molar-refractivity contribution in [2.75, 3.05) is 10.2 Å². The minimum Gasteiger partial charge on any atom is -0.360 e. The molecule has 4 heteroatoms. The SMILES string of the molecule is Cc1ccc(N[C@H]2c3ncccc3C(=O)N2c2ccccc2)cc1. The predicted molar refractivity (Wildman–Crippen MR) is 95.0 cm³/mol. The number of amides is 1. The van der Waals surface area contributed by atoms with Crippen molar-refractivity contribution in [3.8, 4) is 0 Å². The van der Waals surface area contributed by atoms with Gasteiger partial charge in [-0.2, -0.15) is 0 Å². The maximum absolute atomic E-state index is 12.9. The van der Waals surface area contributed by atoms with E-state index in [9.17, 15) is 4.79 Å². The van der Waals surface area contributed by atoms with Crippen LogP contribution < -0.4 is 10.2 Å². The first-order valence-electron chi connectivity index (χ1n) is 7.91. The summed E-state index contributed by atoms with van der Waals surface area (Å²) in [5.41, 5.74) is 4.40. The summed E-state index contributed by atoms with van der Waals surface area (Å²) in [6.07, 6.45) is 1.41. The Balaban J connectivity index is 1.77. The molecular formula is C20H17N3O. The van der Waals surface area contributed by atoms with Crippen molar-refractivity contribution in [2.45, 2.75) is 13.1 Å². The van der Waals surface area contributed by atoms with Crippen LogP contribution in [0.4, 0.5) is 11.4 Å². The lowest BCUT2D eigenvalue weighted by atomic mass is 10.2. The number of rotatable bonds is 3. The van der Waals surface area contributed by atoms with Gasteiger partial charge >= 0.3 is 0 Å². The molecule has 2 heterocycles. The number of carbonyl (C=O) groups is 1. The van der Waals surface area contributed by atoms with E-state index in [1.807, 2.05) is 60.7 Å². The van der Waals surface area contributed by atoms with Crippen LogP contribution in [0.1, 0.15) is 27.8 Å². The van der Waals surface area contributed by atoms with E-state index in [4.69, 9.17) is 0 Å². The van der Waals surface area contributed by atoms with Crippen LogP contribution in [0.15, 0.2) is 72.9 Å². The van der Waals surface area contributed by atoms with Crippen molar-refractivity contribution in [1.29, 1.82) is 0 Å². The third-order valence-electron chi connectivity index (χ3n) is 4.19. The molecule has 1 N–H and O–H groups in total. The highest BCUT2D eigenvalue weighted by Gasteiger charge is 2.38. The van der Waals surface area contributed by atoms with E-state index in [0.29, 0.717) is 5.56 Å². The number of carbonyl (C=O) groups excluding carboxylic acids is 1. The zero-order valence-electron chi connectivity index (χ0n) is 13.3. The predicted octanol–water partition coefficient (Wildman–Crippen LogP) is 4.16. The second-order valence-corrected chi connectivity index (χ2v) is 5.86. The molecule has 0 saturated heterocycles. The van der Waals surface area contributed by atoms with Crippen LogP contribution in [0, 0.1) is 6.92 Å². The van der Waals surface area contributed by atoms with Gasteiger partial charge in [0.05, 0.1) is 11.3 Å². The molecule has 24 heavy (non-hydrogen) atoms. The zero-order chi connectivity index (χ0) is 16.5. The van der Waals surface area contributed by atoms with Crippen LogP contribution >= 0.6 is 0 Å². The number of aryl methyl sites for hydroxylation is 1. The summed E-state index contributed by atoms with van der Waals surface area (Å²) in [6, 6.07) is 21.4. The van der Waals surface area contributed by atoms with E-state index in [1.54, 1.807) is 17.2 Å². The Bertz CT molecular complexity index is 875. The molecule has 0 bridgehead atoms. The van der Waals surface area contributed by atoms with E-state index < -0.39 is 0 Å². The first-order chi connectivity index (χ1) is 11.7. The number of fused-ring (bicyclic) bond motifs is 1. The largest absolute Gasteiger partial charge is 0.360 e. The van der Waals surface area contributed by atoms with E-state index >= 15 is 0 Å². The Labute approximate surface area is 140 Å². The van der Waals surface area contributed by atoms with Crippen molar-refractivity contribution in [3.63, 3.8) is 0 Å². The standard InChI is InChI=1S/C20H17N3O/c1-14-9-11-15(12-10-14)22-19-18-17(8-5-13-21-18)20(24)23(19)16-6-3-2-4-7-16/h2-13,19,22H,1H3/t19-/m1/s1. The Morgan fingerprint density at radius 1 is 0.958 bits per heavy atom. The van der Waals surface area contributed by atoms with Crippen LogP contribution in [-0.4, -0.2) is 10.9 Å². The summed E-state index contributed by atoms with van der Waals surface area (Å²) < 4.78 is 0. The number of nitrogens with one attached hydrogen (secondary N) is 1. The van der Waals surface area contributed by atoms with Crippen LogP contribution in [0.5, 0.6) is 0 Å². The van der Waals surface area contributed by atoms with Gasteiger partial charge in [-0.15, -0.1) is 0 Å². The number of hydrogen-bond acceptors (Lipinski definition) is 3. The van der Waals surface area contributed by atoms with E-state index in [0.717, 1.165) is 17.1 Å². The quantitative estimate of drug-likeness (QED) is 0.789. The number of aromatic nitrogens is 1. The Morgan fingerprint density at radius 3 is 2.46 bits per heavy atom. The molecule has 4 nitrogen and oxygen atoms in total. The molecule has 1 amide bonds. The van der Waals surface area contributed by atoms with Crippen LogP contribution in [-0.2, 0) is 0 Å². The summed E-state index contributed by atoms with van der Waals surface area (Å²) in [5, 5.41) is 3.45. The number of pyridine rings is 1. The normalized spacial score (nSPS) is 16.1. The van der Waals surface area contributed by atoms with Crippen LogP contribution in [0.2, 0.25) is 0 Å². The number of hydrogen-bond donors (Lipinski definition) is 1. The first kappa shape index (κ1) is 14.5. The molecule has 0 radical (unpaired) electrons. The van der Waals surface area contributed by atoms with Gasteiger partial charge < -0.3 is 5.32 Å². The number of benzene rings is 2. The van der Waals surface area contributed by atoms with Crippen molar-refractivity contribution >= 4 is 17.3 Å². The molecule has 0 unspecified atom stereocenters. The fourth-order valence-electron chi connectivity index (χ4n) is 2.98. The number of para-hydroxylation sites is 1. The molecular weight excluding hydrogens is 298 g/mol. The van der Waals surface area contributed by atoms with Crippen molar-refractivity contribution < 1.29 is 4.79 Å². The second-order valence-electron chi connectivity index (χ2n) is 5.86. The Kier molecular flexibility index (Phi) is 3.50. The highest BCUT2D eigenvalue weighted by atomic mass is 16.2. The van der Waals surface area contributed by atoms with Crippen molar-refractivity contribution in [1.82, 2.24) is 4.98 Å². The molecule has 1 aliphatic heterocycles. The van der Waals surface area contributed by atoms with Gasteiger partial charge in [-0.3, -0.25) is 14.7 Å². The van der Waals surface area contributed by atoms with Gasteiger partial charge in [0, 0.05) is 17.6 Å². The van der Waals surface area contributed by atoms with Gasteiger partial charge in [0.2, 0.25) is 0 Å².